The summed E-state index contributed by atoms with van der Waals surface area (Å²) in [6.45, 7) is 3.93. The summed E-state index contributed by atoms with van der Waals surface area (Å²) >= 11 is 3.41. The molecule has 1 aromatic rings. The maximum absolute atomic E-state index is 5.97. The van der Waals surface area contributed by atoms with Gasteiger partial charge in [-0.05, 0) is 37.6 Å². The van der Waals surface area contributed by atoms with Crippen LogP contribution in [0.5, 0.6) is 5.75 Å². The highest BCUT2D eigenvalue weighted by molar-refractivity contribution is 9.10. The maximum Gasteiger partial charge on any atom is 0.120 e. The van der Waals surface area contributed by atoms with Crippen LogP contribution in [0.15, 0.2) is 22.7 Å². The van der Waals surface area contributed by atoms with Crippen molar-refractivity contribution in [1.29, 1.82) is 0 Å². The molecule has 0 aliphatic carbocycles. The van der Waals surface area contributed by atoms with Gasteiger partial charge >= 0.3 is 0 Å². The molecule has 0 aliphatic rings. The molecule has 1 aromatic carbocycles. The van der Waals surface area contributed by atoms with Gasteiger partial charge in [0.15, 0.2) is 0 Å². The molecule has 0 saturated carbocycles. The average Bonchev–Trinajstić information content (AvgIpc) is 2.01. The largest absolute Gasteiger partial charge is 0.497 e. The second kappa shape index (κ2) is 3.68. The Balaban J connectivity index is 3.16. The van der Waals surface area contributed by atoms with E-state index in [4.69, 9.17) is 10.5 Å². The molecule has 0 atom stereocenters. The Morgan fingerprint density at radius 3 is 2.38 bits per heavy atom. The van der Waals surface area contributed by atoms with E-state index < -0.39 is 0 Å². The van der Waals surface area contributed by atoms with Gasteiger partial charge in [0.25, 0.3) is 0 Å². The zero-order valence-corrected chi connectivity index (χ0v) is 9.68. The van der Waals surface area contributed by atoms with E-state index in [0.29, 0.717) is 0 Å². The van der Waals surface area contributed by atoms with Crippen LogP contribution in [0, 0.1) is 0 Å². The summed E-state index contributed by atoms with van der Waals surface area (Å²) in [7, 11) is 1.65. The molecule has 72 valence electrons. The highest BCUT2D eigenvalue weighted by Crippen LogP contribution is 2.26. The van der Waals surface area contributed by atoms with E-state index in [1.54, 1.807) is 7.11 Å². The molecule has 13 heavy (non-hydrogen) atoms. The second-order valence-corrected chi connectivity index (χ2v) is 4.52. The number of ether oxygens (including phenoxy) is 1. The van der Waals surface area contributed by atoms with Gasteiger partial charge in [0.2, 0.25) is 0 Å². The molecular weight excluding hydrogens is 230 g/mol. The smallest absolute Gasteiger partial charge is 0.120 e. The van der Waals surface area contributed by atoms with E-state index >= 15 is 0 Å². The standard InChI is InChI=1S/C10H14BrNO/c1-10(2,12)7-4-8(11)6-9(5-7)13-3/h4-6H,12H2,1-3H3. The first kappa shape index (κ1) is 10.5. The summed E-state index contributed by atoms with van der Waals surface area (Å²) in [5, 5.41) is 0. The topological polar surface area (TPSA) is 35.2 Å². The van der Waals surface area contributed by atoms with E-state index in [1.165, 1.54) is 0 Å². The molecule has 0 aliphatic heterocycles. The lowest BCUT2D eigenvalue weighted by molar-refractivity contribution is 0.412. The molecular formula is C10H14BrNO. The predicted molar refractivity (Wildman–Crippen MR) is 57.9 cm³/mol. The van der Waals surface area contributed by atoms with Crippen LogP contribution in [-0.4, -0.2) is 7.11 Å². The molecule has 0 aromatic heterocycles. The van der Waals surface area contributed by atoms with Crippen molar-refractivity contribution in [3.63, 3.8) is 0 Å². The third-order valence-corrected chi connectivity index (χ3v) is 2.31. The summed E-state index contributed by atoms with van der Waals surface area (Å²) in [4.78, 5) is 0. The SMILES string of the molecule is COc1cc(Br)cc(C(C)(C)N)c1. The minimum Gasteiger partial charge on any atom is -0.497 e. The van der Waals surface area contributed by atoms with Crippen molar-refractivity contribution in [2.45, 2.75) is 19.4 Å². The van der Waals surface area contributed by atoms with Gasteiger partial charge < -0.3 is 10.5 Å². The van der Waals surface area contributed by atoms with Crippen LogP contribution in [-0.2, 0) is 5.54 Å². The molecule has 0 bridgehead atoms. The normalized spacial score (nSPS) is 11.5. The minimum atomic E-state index is -0.336. The van der Waals surface area contributed by atoms with Crippen molar-refractivity contribution in [2.75, 3.05) is 7.11 Å². The monoisotopic (exact) mass is 243 g/mol. The van der Waals surface area contributed by atoms with E-state index in [2.05, 4.69) is 15.9 Å². The number of hydrogen-bond donors (Lipinski definition) is 1. The van der Waals surface area contributed by atoms with Gasteiger partial charge in [0.05, 0.1) is 7.11 Å². The number of benzene rings is 1. The van der Waals surface area contributed by atoms with E-state index in [9.17, 15) is 0 Å². The first-order valence-electron chi connectivity index (χ1n) is 4.07. The maximum atomic E-state index is 5.97. The van der Waals surface area contributed by atoms with Gasteiger partial charge in [-0.25, -0.2) is 0 Å². The predicted octanol–water partition coefficient (Wildman–Crippen LogP) is 2.65. The summed E-state index contributed by atoms with van der Waals surface area (Å²) < 4.78 is 6.13. The van der Waals surface area contributed by atoms with E-state index in [-0.39, 0.29) is 5.54 Å². The van der Waals surface area contributed by atoms with Crippen LogP contribution in [0.3, 0.4) is 0 Å². The number of nitrogens with two attached hydrogens (primary N) is 1. The van der Waals surface area contributed by atoms with Crippen LogP contribution in [0.4, 0.5) is 0 Å². The molecule has 2 N–H and O–H groups in total. The summed E-state index contributed by atoms with van der Waals surface area (Å²) in [6, 6.07) is 5.86. The quantitative estimate of drug-likeness (QED) is 0.867. The van der Waals surface area contributed by atoms with Crippen molar-refractivity contribution in [1.82, 2.24) is 0 Å². The number of rotatable bonds is 2. The fourth-order valence-electron chi connectivity index (χ4n) is 1.05. The first-order valence-corrected chi connectivity index (χ1v) is 4.87. The molecule has 0 fully saturated rings. The van der Waals surface area contributed by atoms with Crippen molar-refractivity contribution >= 4 is 15.9 Å². The third kappa shape index (κ3) is 2.71. The van der Waals surface area contributed by atoms with E-state index in [0.717, 1.165) is 15.8 Å². The molecule has 0 radical (unpaired) electrons. The lowest BCUT2D eigenvalue weighted by atomic mass is 9.96. The Morgan fingerprint density at radius 1 is 1.31 bits per heavy atom. The van der Waals surface area contributed by atoms with Gasteiger partial charge in [-0.1, -0.05) is 15.9 Å². The van der Waals surface area contributed by atoms with Crippen molar-refractivity contribution in [3.8, 4) is 5.75 Å². The number of hydrogen-bond acceptors (Lipinski definition) is 2. The number of methoxy groups -OCH3 is 1. The molecule has 2 nitrogen and oxygen atoms in total. The Bertz CT molecular complexity index is 304. The average molecular weight is 244 g/mol. The molecule has 0 spiro atoms. The van der Waals surface area contributed by atoms with Gasteiger partial charge in [0, 0.05) is 10.0 Å². The zero-order valence-electron chi connectivity index (χ0n) is 8.10. The molecule has 3 heteroatoms. The molecule has 0 unspecified atom stereocenters. The van der Waals surface area contributed by atoms with Crippen molar-refractivity contribution in [2.24, 2.45) is 5.73 Å². The lowest BCUT2D eigenvalue weighted by Gasteiger charge is -2.20. The summed E-state index contributed by atoms with van der Waals surface area (Å²) in [6.07, 6.45) is 0. The highest BCUT2D eigenvalue weighted by Gasteiger charge is 2.15. The Morgan fingerprint density at radius 2 is 1.92 bits per heavy atom. The van der Waals surface area contributed by atoms with Crippen molar-refractivity contribution in [3.05, 3.63) is 28.2 Å². The Hall–Kier alpha value is -0.540. The first-order chi connectivity index (χ1) is 5.93. The Labute approximate surface area is 87.2 Å². The number of halogens is 1. The van der Waals surface area contributed by atoms with Gasteiger partial charge in [-0.3, -0.25) is 0 Å². The zero-order chi connectivity index (χ0) is 10.1. The van der Waals surface area contributed by atoms with E-state index in [1.807, 2.05) is 32.0 Å². The van der Waals surface area contributed by atoms with Gasteiger partial charge in [-0.15, -0.1) is 0 Å². The Kier molecular flexibility index (Phi) is 2.98. The third-order valence-electron chi connectivity index (χ3n) is 1.85. The summed E-state index contributed by atoms with van der Waals surface area (Å²) in [5.41, 5.74) is 6.69. The molecule has 1 rings (SSSR count). The van der Waals surface area contributed by atoms with Gasteiger partial charge in [-0.2, -0.15) is 0 Å². The van der Waals surface area contributed by atoms with Crippen molar-refractivity contribution < 1.29 is 4.74 Å². The highest BCUT2D eigenvalue weighted by atomic mass is 79.9. The molecule has 0 heterocycles. The molecule has 0 saturated heterocycles. The van der Waals surface area contributed by atoms with Crippen LogP contribution in [0.25, 0.3) is 0 Å². The van der Waals surface area contributed by atoms with Crippen LogP contribution >= 0.6 is 15.9 Å². The lowest BCUT2D eigenvalue weighted by Crippen LogP contribution is -2.28. The second-order valence-electron chi connectivity index (χ2n) is 3.60. The van der Waals surface area contributed by atoms with Gasteiger partial charge in [0.1, 0.15) is 5.75 Å². The summed E-state index contributed by atoms with van der Waals surface area (Å²) in [5.74, 6) is 0.822. The van der Waals surface area contributed by atoms with Crippen LogP contribution < -0.4 is 10.5 Å². The van der Waals surface area contributed by atoms with Crippen LogP contribution in [0.2, 0.25) is 0 Å². The minimum absolute atomic E-state index is 0.336. The fourth-order valence-corrected chi connectivity index (χ4v) is 1.52. The fraction of sp³-hybridized carbons (Fsp3) is 0.400. The van der Waals surface area contributed by atoms with Crippen LogP contribution in [0.1, 0.15) is 19.4 Å². The molecule has 0 amide bonds.